The quantitative estimate of drug-likeness (QED) is 0.719. The monoisotopic (exact) mass is 210 g/mol. The molecule has 0 radical (unpaired) electrons. The largest absolute Gasteiger partial charge is 0.465 e. The van der Waals surface area contributed by atoms with Crippen molar-refractivity contribution in [3.05, 3.63) is 22.6 Å². The Bertz CT molecular complexity index is 361. The van der Waals surface area contributed by atoms with Crippen molar-refractivity contribution in [2.45, 2.75) is 40.5 Å². The summed E-state index contributed by atoms with van der Waals surface area (Å²) in [5.41, 5.74) is 1.49. The Labute approximate surface area is 90.4 Å². The molecule has 1 aromatic heterocycles. The van der Waals surface area contributed by atoms with Crippen molar-refractivity contribution in [3.8, 4) is 0 Å². The summed E-state index contributed by atoms with van der Waals surface area (Å²) in [5.74, 6) is 1.43. The van der Waals surface area contributed by atoms with Crippen LogP contribution in [-0.2, 0) is 4.74 Å². The van der Waals surface area contributed by atoms with E-state index in [0.29, 0.717) is 12.2 Å². The molecule has 0 fully saturated rings. The van der Waals surface area contributed by atoms with Gasteiger partial charge in [-0.25, -0.2) is 4.79 Å². The summed E-state index contributed by atoms with van der Waals surface area (Å²) in [6, 6.07) is 0. The van der Waals surface area contributed by atoms with E-state index >= 15 is 0 Å². The molecule has 0 aliphatic rings. The third-order valence-corrected chi connectivity index (χ3v) is 2.42. The predicted octanol–water partition coefficient (Wildman–Crippen LogP) is 3.20. The predicted molar refractivity (Wildman–Crippen MR) is 58.2 cm³/mol. The molecule has 0 bridgehead atoms. The van der Waals surface area contributed by atoms with E-state index in [4.69, 9.17) is 9.15 Å². The molecule has 0 amide bonds. The molecule has 1 heterocycles. The lowest BCUT2D eigenvalue weighted by Gasteiger charge is -2.05. The van der Waals surface area contributed by atoms with Crippen LogP contribution in [0.25, 0.3) is 0 Å². The second kappa shape index (κ2) is 4.51. The summed E-state index contributed by atoms with van der Waals surface area (Å²) in [7, 11) is 0. The number of aryl methyl sites for hydroxylation is 1. The highest BCUT2D eigenvalue weighted by Crippen LogP contribution is 2.28. The van der Waals surface area contributed by atoms with E-state index in [1.807, 2.05) is 27.7 Å². The van der Waals surface area contributed by atoms with Crippen LogP contribution in [0.15, 0.2) is 4.42 Å². The molecule has 1 rings (SSSR count). The fourth-order valence-corrected chi connectivity index (χ4v) is 1.52. The lowest BCUT2D eigenvalue weighted by molar-refractivity contribution is 0.0522. The molecule has 0 saturated carbocycles. The maximum absolute atomic E-state index is 11.7. The van der Waals surface area contributed by atoms with Crippen LogP contribution in [0.2, 0.25) is 0 Å². The highest BCUT2D eigenvalue weighted by Gasteiger charge is 2.23. The lowest BCUT2D eigenvalue weighted by Crippen LogP contribution is -2.08. The SMILES string of the molecule is CCOC(=O)c1c(C(C)C)oc(C)c1C. The molecule has 84 valence electrons. The van der Waals surface area contributed by atoms with Crippen LogP contribution in [0.4, 0.5) is 0 Å². The molecule has 0 aliphatic heterocycles. The zero-order valence-electron chi connectivity index (χ0n) is 10.0. The second-order valence-corrected chi connectivity index (χ2v) is 3.90. The number of carbonyl (C=O) groups excluding carboxylic acids is 1. The summed E-state index contributed by atoms with van der Waals surface area (Å²) < 4.78 is 10.6. The Kier molecular flexibility index (Phi) is 3.56. The first kappa shape index (κ1) is 11.8. The van der Waals surface area contributed by atoms with Crippen LogP contribution in [-0.4, -0.2) is 12.6 Å². The van der Waals surface area contributed by atoms with E-state index < -0.39 is 0 Å². The Morgan fingerprint density at radius 1 is 1.40 bits per heavy atom. The number of carbonyl (C=O) groups is 1. The maximum Gasteiger partial charge on any atom is 0.341 e. The van der Waals surface area contributed by atoms with Crippen molar-refractivity contribution < 1.29 is 13.9 Å². The number of furan rings is 1. The highest BCUT2D eigenvalue weighted by molar-refractivity contribution is 5.92. The van der Waals surface area contributed by atoms with Gasteiger partial charge in [0.15, 0.2) is 0 Å². The lowest BCUT2D eigenvalue weighted by atomic mass is 10.0. The third kappa shape index (κ3) is 2.22. The first-order chi connectivity index (χ1) is 6.99. The van der Waals surface area contributed by atoms with Gasteiger partial charge in [0.25, 0.3) is 0 Å². The number of hydrogen-bond donors (Lipinski definition) is 0. The van der Waals surface area contributed by atoms with Crippen LogP contribution in [0.1, 0.15) is 54.1 Å². The van der Waals surface area contributed by atoms with Crippen LogP contribution in [0, 0.1) is 13.8 Å². The third-order valence-electron chi connectivity index (χ3n) is 2.42. The van der Waals surface area contributed by atoms with Gasteiger partial charge in [0.2, 0.25) is 0 Å². The van der Waals surface area contributed by atoms with Gasteiger partial charge in [0.05, 0.1) is 6.61 Å². The van der Waals surface area contributed by atoms with Crippen LogP contribution >= 0.6 is 0 Å². The molecule has 0 atom stereocenters. The summed E-state index contributed by atoms with van der Waals surface area (Å²) in [5, 5.41) is 0. The van der Waals surface area contributed by atoms with Gasteiger partial charge >= 0.3 is 5.97 Å². The van der Waals surface area contributed by atoms with E-state index in [1.54, 1.807) is 6.92 Å². The number of ether oxygens (including phenoxy) is 1. The molecule has 0 spiro atoms. The minimum atomic E-state index is -0.282. The van der Waals surface area contributed by atoms with E-state index in [9.17, 15) is 4.79 Å². The van der Waals surface area contributed by atoms with Crippen molar-refractivity contribution in [1.29, 1.82) is 0 Å². The maximum atomic E-state index is 11.7. The zero-order valence-corrected chi connectivity index (χ0v) is 10.0. The van der Waals surface area contributed by atoms with Gasteiger partial charge in [-0.3, -0.25) is 0 Å². The number of hydrogen-bond acceptors (Lipinski definition) is 3. The Morgan fingerprint density at radius 2 is 2.00 bits per heavy atom. The van der Waals surface area contributed by atoms with Gasteiger partial charge in [-0.15, -0.1) is 0 Å². The Balaban J connectivity index is 3.19. The fourth-order valence-electron chi connectivity index (χ4n) is 1.52. The van der Waals surface area contributed by atoms with Gasteiger partial charge in [-0.1, -0.05) is 13.8 Å². The van der Waals surface area contributed by atoms with Gasteiger partial charge in [-0.2, -0.15) is 0 Å². The first-order valence-corrected chi connectivity index (χ1v) is 5.26. The molecule has 0 unspecified atom stereocenters. The highest BCUT2D eigenvalue weighted by atomic mass is 16.5. The average Bonchev–Trinajstić information content (AvgIpc) is 2.44. The minimum Gasteiger partial charge on any atom is -0.465 e. The van der Waals surface area contributed by atoms with Crippen molar-refractivity contribution in [2.24, 2.45) is 0 Å². The van der Waals surface area contributed by atoms with Gasteiger partial charge in [0, 0.05) is 11.5 Å². The van der Waals surface area contributed by atoms with Crippen molar-refractivity contribution in [1.82, 2.24) is 0 Å². The molecule has 15 heavy (non-hydrogen) atoms. The Morgan fingerprint density at radius 3 is 2.47 bits per heavy atom. The van der Waals surface area contributed by atoms with Crippen molar-refractivity contribution >= 4 is 5.97 Å². The first-order valence-electron chi connectivity index (χ1n) is 5.26. The molecule has 0 N–H and O–H groups in total. The normalized spacial score (nSPS) is 10.8. The molecule has 3 nitrogen and oxygen atoms in total. The molecule has 0 aliphatic carbocycles. The zero-order chi connectivity index (χ0) is 11.6. The number of esters is 1. The molecule has 1 aromatic rings. The summed E-state index contributed by atoms with van der Waals surface area (Å²) in [6.45, 7) is 9.94. The summed E-state index contributed by atoms with van der Waals surface area (Å²) in [4.78, 5) is 11.7. The van der Waals surface area contributed by atoms with E-state index in [1.165, 1.54) is 0 Å². The molecule has 0 saturated heterocycles. The molecular formula is C12H18O3. The van der Waals surface area contributed by atoms with Gasteiger partial charge < -0.3 is 9.15 Å². The minimum absolute atomic E-state index is 0.191. The van der Waals surface area contributed by atoms with E-state index in [-0.39, 0.29) is 11.9 Å². The van der Waals surface area contributed by atoms with E-state index in [2.05, 4.69) is 0 Å². The van der Waals surface area contributed by atoms with Crippen molar-refractivity contribution in [3.63, 3.8) is 0 Å². The topological polar surface area (TPSA) is 39.4 Å². The Hall–Kier alpha value is -1.25. The van der Waals surface area contributed by atoms with Crippen LogP contribution < -0.4 is 0 Å². The molecule has 0 aromatic carbocycles. The number of rotatable bonds is 3. The average molecular weight is 210 g/mol. The summed E-state index contributed by atoms with van der Waals surface area (Å²) >= 11 is 0. The second-order valence-electron chi connectivity index (χ2n) is 3.90. The van der Waals surface area contributed by atoms with Crippen molar-refractivity contribution in [2.75, 3.05) is 6.61 Å². The standard InChI is InChI=1S/C12H18O3/c1-6-14-12(13)10-8(4)9(5)15-11(10)7(2)3/h7H,6H2,1-5H3. The van der Waals surface area contributed by atoms with Gasteiger partial charge in [-0.05, 0) is 20.8 Å². The van der Waals surface area contributed by atoms with Crippen LogP contribution in [0.5, 0.6) is 0 Å². The van der Waals surface area contributed by atoms with Crippen LogP contribution in [0.3, 0.4) is 0 Å². The summed E-state index contributed by atoms with van der Waals surface area (Å²) in [6.07, 6.45) is 0. The fraction of sp³-hybridized carbons (Fsp3) is 0.583. The molecule has 3 heteroatoms. The van der Waals surface area contributed by atoms with Gasteiger partial charge in [0.1, 0.15) is 17.1 Å². The smallest absolute Gasteiger partial charge is 0.341 e. The van der Waals surface area contributed by atoms with E-state index in [0.717, 1.165) is 17.1 Å². The molecular weight excluding hydrogens is 192 g/mol.